The first-order chi connectivity index (χ1) is 6.12. The van der Waals surface area contributed by atoms with Crippen LogP contribution in [0.4, 0.5) is 0 Å². The lowest BCUT2D eigenvalue weighted by molar-refractivity contribution is 0.498. The van der Waals surface area contributed by atoms with Gasteiger partial charge in [-0.3, -0.25) is 4.99 Å². The fourth-order valence-electron chi connectivity index (χ4n) is 1.58. The van der Waals surface area contributed by atoms with Gasteiger partial charge in [-0.15, -0.1) is 0 Å². The smallest absolute Gasteiger partial charge is 0.0837 e. The molecule has 0 saturated carbocycles. The summed E-state index contributed by atoms with van der Waals surface area (Å²) in [6.45, 7) is 13.0. The molecule has 1 atom stereocenters. The van der Waals surface area contributed by atoms with Crippen LogP contribution in [0.5, 0.6) is 0 Å². The van der Waals surface area contributed by atoms with E-state index in [-0.39, 0.29) is 16.6 Å². The average molecular weight is 189 g/mol. The van der Waals surface area contributed by atoms with E-state index in [0.717, 1.165) is 11.4 Å². The molecule has 0 fully saturated rings. The lowest BCUT2D eigenvalue weighted by atomic mass is 9.73. The Morgan fingerprint density at radius 1 is 1.07 bits per heavy atom. The molecule has 2 radical (unpaired) electrons. The van der Waals surface area contributed by atoms with Crippen molar-refractivity contribution in [2.75, 3.05) is 0 Å². The highest BCUT2D eigenvalue weighted by Gasteiger charge is 2.30. The molecule has 1 nitrogen and oxygen atoms in total. The summed E-state index contributed by atoms with van der Waals surface area (Å²) < 4.78 is 0. The standard InChI is InChI=1S/C12H20BN/c1-11(2,3)9-7-8(13)10(14-9)12(4,5)6/h7-8H,1-6H3. The molecule has 76 valence electrons. The van der Waals surface area contributed by atoms with Gasteiger partial charge in [0.25, 0.3) is 0 Å². The van der Waals surface area contributed by atoms with Gasteiger partial charge in [-0.05, 0) is 5.82 Å². The molecule has 0 aromatic carbocycles. The second kappa shape index (κ2) is 3.25. The molecule has 1 rings (SSSR count). The van der Waals surface area contributed by atoms with Crippen LogP contribution in [0.2, 0.25) is 5.82 Å². The zero-order valence-corrected chi connectivity index (χ0v) is 10.2. The van der Waals surface area contributed by atoms with E-state index in [1.165, 1.54) is 0 Å². The van der Waals surface area contributed by atoms with E-state index in [9.17, 15) is 0 Å². The Bertz CT molecular complexity index is 286. The highest BCUT2D eigenvalue weighted by Crippen LogP contribution is 2.37. The number of rotatable bonds is 0. The normalized spacial score (nSPS) is 23.4. The maximum absolute atomic E-state index is 6.05. The van der Waals surface area contributed by atoms with Gasteiger partial charge in [0.05, 0.1) is 7.85 Å². The first-order valence-corrected chi connectivity index (χ1v) is 5.19. The van der Waals surface area contributed by atoms with Crippen molar-refractivity contribution >= 4 is 13.6 Å². The van der Waals surface area contributed by atoms with Crippen molar-refractivity contribution in [2.24, 2.45) is 15.8 Å². The topological polar surface area (TPSA) is 12.4 Å². The minimum atomic E-state index is 0.00391. The average Bonchev–Trinajstić information content (AvgIpc) is 2.27. The molecule has 0 aromatic heterocycles. The van der Waals surface area contributed by atoms with E-state index >= 15 is 0 Å². The fraction of sp³-hybridized carbons (Fsp3) is 0.750. The van der Waals surface area contributed by atoms with Crippen LogP contribution < -0.4 is 0 Å². The first-order valence-electron chi connectivity index (χ1n) is 5.19. The monoisotopic (exact) mass is 189 g/mol. The molecule has 0 spiro atoms. The van der Waals surface area contributed by atoms with Crippen LogP contribution in [-0.2, 0) is 0 Å². The van der Waals surface area contributed by atoms with Crippen molar-refractivity contribution in [1.29, 1.82) is 0 Å². The van der Waals surface area contributed by atoms with Crippen molar-refractivity contribution in [3.8, 4) is 0 Å². The lowest BCUT2D eigenvalue weighted by Gasteiger charge is -2.22. The van der Waals surface area contributed by atoms with Crippen LogP contribution >= 0.6 is 0 Å². The molecule has 0 saturated heterocycles. The molecule has 1 unspecified atom stereocenters. The summed E-state index contributed by atoms with van der Waals surface area (Å²) in [5, 5.41) is 0. The van der Waals surface area contributed by atoms with Crippen molar-refractivity contribution in [3.05, 3.63) is 11.8 Å². The number of nitrogens with zero attached hydrogens (tertiary/aromatic N) is 1. The Labute approximate surface area is 89.1 Å². The molecule has 0 amide bonds. The van der Waals surface area contributed by atoms with Gasteiger partial charge in [0.15, 0.2) is 0 Å². The minimum Gasteiger partial charge on any atom is -0.262 e. The SMILES string of the molecule is [B]C1C=C(C(C)(C)C)N=C1C(C)(C)C. The second-order valence-electron chi connectivity index (χ2n) is 6.07. The number of hydrogen-bond acceptors (Lipinski definition) is 1. The van der Waals surface area contributed by atoms with Crippen LogP contribution in [0.3, 0.4) is 0 Å². The predicted molar refractivity (Wildman–Crippen MR) is 63.9 cm³/mol. The summed E-state index contributed by atoms with van der Waals surface area (Å²) in [5.41, 5.74) is 2.39. The van der Waals surface area contributed by atoms with Crippen molar-refractivity contribution < 1.29 is 0 Å². The van der Waals surface area contributed by atoms with Gasteiger partial charge < -0.3 is 0 Å². The zero-order chi connectivity index (χ0) is 11.1. The third-order valence-corrected chi connectivity index (χ3v) is 2.43. The molecule has 0 N–H and O–H groups in total. The molecule has 1 aliphatic heterocycles. The van der Waals surface area contributed by atoms with Gasteiger partial charge in [-0.2, -0.15) is 0 Å². The molecule has 0 aliphatic carbocycles. The Hall–Kier alpha value is -0.525. The summed E-state index contributed by atoms with van der Waals surface area (Å²) >= 11 is 0. The molecule has 0 aromatic rings. The Balaban J connectivity index is 2.99. The van der Waals surface area contributed by atoms with E-state index in [1.54, 1.807) is 0 Å². The van der Waals surface area contributed by atoms with Crippen LogP contribution in [0.25, 0.3) is 0 Å². The zero-order valence-electron chi connectivity index (χ0n) is 10.2. The highest BCUT2D eigenvalue weighted by molar-refractivity contribution is 6.29. The molecule has 0 bridgehead atoms. The van der Waals surface area contributed by atoms with Gasteiger partial charge in [0.1, 0.15) is 0 Å². The summed E-state index contributed by atoms with van der Waals surface area (Å²) in [6, 6.07) is 0. The summed E-state index contributed by atoms with van der Waals surface area (Å²) in [6.07, 6.45) is 2.08. The minimum absolute atomic E-state index is 0.00391. The molecule has 1 aliphatic rings. The van der Waals surface area contributed by atoms with Crippen LogP contribution in [0.15, 0.2) is 16.8 Å². The van der Waals surface area contributed by atoms with Gasteiger partial charge in [-0.25, -0.2) is 0 Å². The molecule has 14 heavy (non-hydrogen) atoms. The summed E-state index contributed by atoms with van der Waals surface area (Å²) in [7, 11) is 6.05. The lowest BCUT2D eigenvalue weighted by Crippen LogP contribution is -2.22. The molecule has 2 heteroatoms. The number of aliphatic imine (C=N–C) groups is 1. The highest BCUT2D eigenvalue weighted by atomic mass is 14.8. The maximum atomic E-state index is 6.05. The second-order valence-corrected chi connectivity index (χ2v) is 6.07. The maximum Gasteiger partial charge on any atom is 0.0837 e. The van der Waals surface area contributed by atoms with E-state index in [0.29, 0.717) is 0 Å². The third-order valence-electron chi connectivity index (χ3n) is 2.43. The van der Waals surface area contributed by atoms with Crippen molar-refractivity contribution in [3.63, 3.8) is 0 Å². The van der Waals surface area contributed by atoms with E-state index in [1.807, 2.05) is 0 Å². The van der Waals surface area contributed by atoms with Crippen LogP contribution in [0.1, 0.15) is 41.5 Å². The number of hydrogen-bond donors (Lipinski definition) is 0. The first kappa shape index (κ1) is 11.5. The largest absolute Gasteiger partial charge is 0.262 e. The van der Waals surface area contributed by atoms with Crippen LogP contribution in [0, 0.1) is 10.8 Å². The molecular formula is C12H20BN. The van der Waals surface area contributed by atoms with Gasteiger partial charge in [0.2, 0.25) is 0 Å². The Morgan fingerprint density at radius 2 is 1.57 bits per heavy atom. The number of allylic oxidation sites excluding steroid dienone is 2. The Morgan fingerprint density at radius 3 is 1.79 bits per heavy atom. The quantitative estimate of drug-likeness (QED) is 0.518. The molecule has 1 heterocycles. The summed E-state index contributed by atoms with van der Waals surface area (Å²) in [5.74, 6) is 0.00391. The third kappa shape index (κ3) is 2.28. The predicted octanol–water partition coefficient (Wildman–Crippen LogP) is 3.37. The van der Waals surface area contributed by atoms with E-state index in [2.05, 4.69) is 52.6 Å². The van der Waals surface area contributed by atoms with Gasteiger partial charge in [-0.1, -0.05) is 47.6 Å². The van der Waals surface area contributed by atoms with Crippen LogP contribution in [-0.4, -0.2) is 13.6 Å². The van der Waals surface area contributed by atoms with Crippen molar-refractivity contribution in [2.45, 2.75) is 47.4 Å². The fourth-order valence-corrected chi connectivity index (χ4v) is 1.58. The van der Waals surface area contributed by atoms with Gasteiger partial charge in [0, 0.05) is 22.2 Å². The van der Waals surface area contributed by atoms with Crippen molar-refractivity contribution in [1.82, 2.24) is 0 Å². The van der Waals surface area contributed by atoms with E-state index in [4.69, 9.17) is 7.85 Å². The Kier molecular flexibility index (Phi) is 2.68. The van der Waals surface area contributed by atoms with E-state index < -0.39 is 0 Å². The summed E-state index contributed by atoms with van der Waals surface area (Å²) in [4.78, 5) is 4.66. The van der Waals surface area contributed by atoms with Gasteiger partial charge >= 0.3 is 0 Å². The molecular weight excluding hydrogens is 169 g/mol.